The number of carbonyl (C=O) groups excluding carboxylic acids is 1. The second-order valence-corrected chi connectivity index (χ2v) is 5.26. The maximum atomic E-state index is 11.2. The van der Waals surface area contributed by atoms with Gasteiger partial charge in [0.1, 0.15) is 18.3 Å². The summed E-state index contributed by atoms with van der Waals surface area (Å²) in [5.41, 5.74) is 0.958. The Kier molecular flexibility index (Phi) is 4.88. The quantitative estimate of drug-likeness (QED) is 0.823. The largest absolute Gasteiger partial charge is 0.388 e. The maximum Gasteiger partial charge on any atom is 0.163 e. The molecule has 0 aliphatic carbocycles. The summed E-state index contributed by atoms with van der Waals surface area (Å²) >= 11 is 0. The number of hydrogen-bond donors (Lipinski definition) is 1. The first kappa shape index (κ1) is 15.1. The minimum atomic E-state index is -0.881. The number of hydrogen-bond acceptors (Lipinski definition) is 5. The van der Waals surface area contributed by atoms with Gasteiger partial charge in [0.15, 0.2) is 12.1 Å². The molecule has 0 amide bonds. The Hall–Kier alpha value is -1.27. The first-order chi connectivity index (χ1) is 9.52. The van der Waals surface area contributed by atoms with Crippen LogP contribution in [0.1, 0.15) is 19.4 Å². The molecule has 1 aromatic rings. The highest BCUT2D eigenvalue weighted by Gasteiger charge is 2.40. The monoisotopic (exact) mass is 280 g/mol. The fourth-order valence-electron chi connectivity index (χ4n) is 2.09. The minimum absolute atomic E-state index is 0.122. The van der Waals surface area contributed by atoms with Gasteiger partial charge in [-0.1, -0.05) is 30.3 Å². The molecule has 0 bridgehead atoms. The zero-order valence-corrected chi connectivity index (χ0v) is 11.7. The Labute approximate surface area is 118 Å². The van der Waals surface area contributed by atoms with Crippen molar-refractivity contribution in [1.82, 2.24) is 0 Å². The molecular weight excluding hydrogens is 260 g/mol. The van der Waals surface area contributed by atoms with Gasteiger partial charge in [-0.3, -0.25) is 0 Å². The van der Waals surface area contributed by atoms with Crippen molar-refractivity contribution in [3.63, 3.8) is 0 Å². The molecule has 3 atom stereocenters. The molecular formula is C15H20O5. The van der Waals surface area contributed by atoms with Crippen LogP contribution in [0.3, 0.4) is 0 Å². The first-order valence-corrected chi connectivity index (χ1v) is 6.62. The van der Waals surface area contributed by atoms with Crippen LogP contribution in [0.15, 0.2) is 30.3 Å². The Bertz CT molecular complexity index is 431. The van der Waals surface area contributed by atoms with E-state index in [9.17, 15) is 9.90 Å². The summed E-state index contributed by atoms with van der Waals surface area (Å²) in [5.74, 6) is -0.832. The second kappa shape index (κ2) is 6.45. The lowest BCUT2D eigenvalue weighted by Gasteiger charge is -2.40. The SMILES string of the molecule is CC1(C)OCC(O)C(C(C=O)OCc2ccccc2)O1. The Morgan fingerprint density at radius 2 is 2.15 bits per heavy atom. The van der Waals surface area contributed by atoms with Crippen LogP contribution in [0.2, 0.25) is 0 Å². The number of rotatable bonds is 5. The van der Waals surface area contributed by atoms with Crippen molar-refractivity contribution < 1.29 is 24.1 Å². The number of aldehydes is 1. The summed E-state index contributed by atoms with van der Waals surface area (Å²) in [6.07, 6.45) is -1.76. The third-order valence-corrected chi connectivity index (χ3v) is 3.14. The van der Waals surface area contributed by atoms with Crippen molar-refractivity contribution in [1.29, 1.82) is 0 Å². The topological polar surface area (TPSA) is 65.0 Å². The van der Waals surface area contributed by atoms with Crippen molar-refractivity contribution in [3.8, 4) is 0 Å². The van der Waals surface area contributed by atoms with Crippen LogP contribution in [-0.4, -0.2) is 42.1 Å². The predicted molar refractivity (Wildman–Crippen MR) is 72.0 cm³/mol. The summed E-state index contributed by atoms with van der Waals surface area (Å²) in [6, 6.07) is 9.53. The average Bonchev–Trinajstić information content (AvgIpc) is 2.44. The van der Waals surface area contributed by atoms with E-state index in [1.54, 1.807) is 13.8 Å². The number of aliphatic hydroxyl groups is 1. The van der Waals surface area contributed by atoms with Crippen LogP contribution >= 0.6 is 0 Å². The Morgan fingerprint density at radius 1 is 1.45 bits per heavy atom. The molecule has 20 heavy (non-hydrogen) atoms. The van der Waals surface area contributed by atoms with Crippen LogP contribution in [0.4, 0.5) is 0 Å². The molecule has 0 spiro atoms. The molecule has 1 N–H and O–H groups in total. The number of benzene rings is 1. The molecule has 5 heteroatoms. The smallest absolute Gasteiger partial charge is 0.163 e. The fourth-order valence-corrected chi connectivity index (χ4v) is 2.09. The summed E-state index contributed by atoms with van der Waals surface area (Å²) in [6.45, 7) is 3.89. The summed E-state index contributed by atoms with van der Waals surface area (Å²) < 4.78 is 16.5. The minimum Gasteiger partial charge on any atom is -0.388 e. The molecule has 1 aliphatic heterocycles. The molecule has 1 heterocycles. The van der Waals surface area contributed by atoms with E-state index < -0.39 is 24.1 Å². The zero-order valence-electron chi connectivity index (χ0n) is 11.7. The summed E-state index contributed by atoms with van der Waals surface area (Å²) in [5, 5.41) is 9.91. The van der Waals surface area contributed by atoms with E-state index in [0.29, 0.717) is 6.29 Å². The van der Waals surface area contributed by atoms with E-state index >= 15 is 0 Å². The van der Waals surface area contributed by atoms with E-state index in [2.05, 4.69) is 0 Å². The molecule has 110 valence electrons. The number of carbonyl (C=O) groups is 1. The fraction of sp³-hybridized carbons (Fsp3) is 0.533. The standard InChI is InChI=1S/C15H20O5/c1-15(2)19-10-12(17)14(20-15)13(8-16)18-9-11-6-4-3-5-7-11/h3-8,12-14,17H,9-10H2,1-2H3. The highest BCUT2D eigenvalue weighted by molar-refractivity contribution is 5.57. The lowest BCUT2D eigenvalue weighted by Crippen LogP contribution is -2.54. The van der Waals surface area contributed by atoms with E-state index in [4.69, 9.17) is 14.2 Å². The van der Waals surface area contributed by atoms with E-state index in [1.165, 1.54) is 0 Å². The molecule has 2 rings (SSSR count). The van der Waals surface area contributed by atoms with Gasteiger partial charge in [-0.15, -0.1) is 0 Å². The van der Waals surface area contributed by atoms with Crippen molar-refractivity contribution in [2.45, 2.75) is 44.6 Å². The molecule has 0 radical (unpaired) electrons. The predicted octanol–water partition coefficient (Wildman–Crippen LogP) is 1.28. The number of aliphatic hydroxyl groups excluding tert-OH is 1. The normalized spacial score (nSPS) is 26.9. The third kappa shape index (κ3) is 3.86. The molecule has 1 aliphatic rings. The molecule has 1 fully saturated rings. The lowest BCUT2D eigenvalue weighted by molar-refractivity contribution is -0.317. The third-order valence-electron chi connectivity index (χ3n) is 3.14. The van der Waals surface area contributed by atoms with Crippen molar-refractivity contribution in [2.24, 2.45) is 0 Å². The molecule has 0 aromatic heterocycles. The van der Waals surface area contributed by atoms with Gasteiger partial charge in [-0.25, -0.2) is 0 Å². The van der Waals surface area contributed by atoms with Crippen LogP contribution < -0.4 is 0 Å². The van der Waals surface area contributed by atoms with E-state index in [1.807, 2.05) is 30.3 Å². The van der Waals surface area contributed by atoms with Gasteiger partial charge in [-0.2, -0.15) is 0 Å². The molecule has 3 unspecified atom stereocenters. The van der Waals surface area contributed by atoms with Gasteiger partial charge in [0.25, 0.3) is 0 Å². The van der Waals surface area contributed by atoms with Crippen molar-refractivity contribution >= 4 is 6.29 Å². The Balaban J connectivity index is 1.98. The Morgan fingerprint density at radius 3 is 2.80 bits per heavy atom. The van der Waals surface area contributed by atoms with E-state index in [-0.39, 0.29) is 13.2 Å². The lowest BCUT2D eigenvalue weighted by atomic mass is 10.1. The van der Waals surface area contributed by atoms with Gasteiger partial charge in [-0.05, 0) is 19.4 Å². The molecule has 1 aromatic carbocycles. The van der Waals surface area contributed by atoms with Gasteiger partial charge in [0, 0.05) is 0 Å². The van der Waals surface area contributed by atoms with Crippen LogP contribution in [-0.2, 0) is 25.6 Å². The number of ether oxygens (including phenoxy) is 3. The zero-order chi connectivity index (χ0) is 14.6. The van der Waals surface area contributed by atoms with E-state index in [0.717, 1.165) is 5.56 Å². The second-order valence-electron chi connectivity index (χ2n) is 5.26. The summed E-state index contributed by atoms with van der Waals surface area (Å²) in [7, 11) is 0. The average molecular weight is 280 g/mol. The van der Waals surface area contributed by atoms with Gasteiger partial charge in [0.2, 0.25) is 0 Å². The van der Waals surface area contributed by atoms with Crippen molar-refractivity contribution in [2.75, 3.05) is 6.61 Å². The van der Waals surface area contributed by atoms with Crippen LogP contribution in [0.5, 0.6) is 0 Å². The molecule has 1 saturated heterocycles. The van der Waals surface area contributed by atoms with Gasteiger partial charge >= 0.3 is 0 Å². The maximum absolute atomic E-state index is 11.2. The molecule has 5 nitrogen and oxygen atoms in total. The highest BCUT2D eigenvalue weighted by atomic mass is 16.7. The van der Waals surface area contributed by atoms with Crippen LogP contribution in [0.25, 0.3) is 0 Å². The van der Waals surface area contributed by atoms with Crippen molar-refractivity contribution in [3.05, 3.63) is 35.9 Å². The van der Waals surface area contributed by atoms with Crippen LogP contribution in [0, 0.1) is 0 Å². The van der Waals surface area contributed by atoms with Gasteiger partial charge < -0.3 is 24.1 Å². The highest BCUT2D eigenvalue weighted by Crippen LogP contribution is 2.25. The molecule has 0 saturated carbocycles. The first-order valence-electron chi connectivity index (χ1n) is 6.62. The van der Waals surface area contributed by atoms with Gasteiger partial charge in [0.05, 0.1) is 13.2 Å². The summed E-state index contributed by atoms with van der Waals surface area (Å²) in [4.78, 5) is 11.2.